The lowest BCUT2D eigenvalue weighted by Gasteiger charge is -2.27. The van der Waals surface area contributed by atoms with Crippen LogP contribution >= 0.6 is 0 Å². The predicted octanol–water partition coefficient (Wildman–Crippen LogP) is 2.58. The van der Waals surface area contributed by atoms with E-state index in [9.17, 15) is 18.5 Å². The molecule has 1 aliphatic heterocycles. The van der Waals surface area contributed by atoms with E-state index in [1.165, 1.54) is 12.1 Å². The number of nitro groups is 1. The van der Waals surface area contributed by atoms with E-state index in [-0.39, 0.29) is 16.6 Å². The Morgan fingerprint density at radius 3 is 2.50 bits per heavy atom. The Labute approximate surface area is 139 Å². The molecule has 0 bridgehead atoms. The lowest BCUT2D eigenvalue weighted by molar-refractivity contribution is -0.384. The number of nitrogens with two attached hydrogens (primary N) is 1. The first kappa shape index (κ1) is 16.4. The molecule has 1 atom stereocenters. The van der Waals surface area contributed by atoms with E-state index in [0.29, 0.717) is 12.2 Å². The molecule has 2 aromatic carbocycles. The average molecular weight is 347 g/mol. The molecule has 2 N–H and O–H groups in total. The zero-order chi connectivity index (χ0) is 17.3. The maximum Gasteiger partial charge on any atom is 0.293 e. The summed E-state index contributed by atoms with van der Waals surface area (Å²) in [7, 11) is -3.99. The number of anilines is 1. The third-order valence-corrected chi connectivity index (χ3v) is 5.13. The van der Waals surface area contributed by atoms with Gasteiger partial charge in [0.15, 0.2) is 0 Å². The van der Waals surface area contributed by atoms with E-state index in [1.807, 2.05) is 35.2 Å². The maximum atomic E-state index is 11.5. The molecule has 1 unspecified atom stereocenters. The van der Waals surface area contributed by atoms with Crippen LogP contribution in [0.1, 0.15) is 24.4 Å². The molecule has 1 heterocycles. The molecule has 126 valence electrons. The first-order chi connectivity index (χ1) is 11.4. The lowest BCUT2D eigenvalue weighted by Crippen LogP contribution is -2.23. The van der Waals surface area contributed by atoms with Crippen LogP contribution in [0.25, 0.3) is 0 Å². The van der Waals surface area contributed by atoms with E-state index in [1.54, 1.807) is 0 Å². The van der Waals surface area contributed by atoms with Gasteiger partial charge in [-0.1, -0.05) is 30.3 Å². The molecule has 0 saturated carbocycles. The van der Waals surface area contributed by atoms with E-state index in [4.69, 9.17) is 5.14 Å². The average Bonchev–Trinajstić information content (AvgIpc) is 3.03. The fraction of sp³-hybridized carbons (Fsp3) is 0.250. The number of nitrogens with zero attached hydrogens (tertiary/aromatic N) is 2. The highest BCUT2D eigenvalue weighted by atomic mass is 32.2. The van der Waals surface area contributed by atoms with Gasteiger partial charge in [-0.15, -0.1) is 0 Å². The molecule has 1 aliphatic rings. The quantitative estimate of drug-likeness (QED) is 0.676. The van der Waals surface area contributed by atoms with Crippen LogP contribution in [-0.2, 0) is 10.0 Å². The van der Waals surface area contributed by atoms with E-state index < -0.39 is 14.9 Å². The summed E-state index contributed by atoms with van der Waals surface area (Å²) < 4.78 is 22.9. The molecule has 0 amide bonds. The molecule has 1 saturated heterocycles. The Morgan fingerprint density at radius 2 is 1.88 bits per heavy atom. The molecule has 0 spiro atoms. The van der Waals surface area contributed by atoms with Gasteiger partial charge in [0, 0.05) is 12.6 Å². The molecule has 0 aromatic heterocycles. The monoisotopic (exact) mass is 347 g/mol. The topological polar surface area (TPSA) is 107 Å². The number of benzene rings is 2. The van der Waals surface area contributed by atoms with Crippen LogP contribution in [0.2, 0.25) is 0 Å². The highest BCUT2D eigenvalue weighted by Crippen LogP contribution is 2.40. The smallest absolute Gasteiger partial charge is 0.293 e. The second kappa shape index (κ2) is 6.21. The highest BCUT2D eigenvalue weighted by Gasteiger charge is 2.31. The van der Waals surface area contributed by atoms with Gasteiger partial charge in [-0.2, -0.15) is 0 Å². The first-order valence-corrected chi connectivity index (χ1v) is 9.05. The summed E-state index contributed by atoms with van der Waals surface area (Å²) in [4.78, 5) is 12.6. The summed E-state index contributed by atoms with van der Waals surface area (Å²) in [5.74, 6) is 0. The molecular formula is C16H17N3O4S. The van der Waals surface area contributed by atoms with Crippen molar-refractivity contribution in [1.29, 1.82) is 0 Å². The molecule has 8 heteroatoms. The Hall–Kier alpha value is -2.45. The van der Waals surface area contributed by atoms with E-state index >= 15 is 0 Å². The van der Waals surface area contributed by atoms with E-state index in [2.05, 4.69) is 0 Å². The van der Waals surface area contributed by atoms with Gasteiger partial charge in [-0.05, 0) is 30.5 Å². The van der Waals surface area contributed by atoms with Crippen molar-refractivity contribution in [1.82, 2.24) is 0 Å². The summed E-state index contributed by atoms with van der Waals surface area (Å²) in [5.41, 5.74) is 1.25. The summed E-state index contributed by atoms with van der Waals surface area (Å²) in [6.07, 6.45) is 1.80. The van der Waals surface area contributed by atoms with Gasteiger partial charge in [-0.3, -0.25) is 10.1 Å². The van der Waals surface area contributed by atoms with Gasteiger partial charge in [-0.25, -0.2) is 13.6 Å². The van der Waals surface area contributed by atoms with Crippen molar-refractivity contribution < 1.29 is 13.3 Å². The van der Waals surface area contributed by atoms with Gasteiger partial charge in [0.05, 0.1) is 15.9 Å². The van der Waals surface area contributed by atoms with Crippen LogP contribution in [0.3, 0.4) is 0 Å². The Bertz CT molecular complexity index is 868. The molecule has 1 fully saturated rings. The Morgan fingerprint density at radius 1 is 1.17 bits per heavy atom. The van der Waals surface area contributed by atoms with Crippen molar-refractivity contribution in [2.24, 2.45) is 5.14 Å². The zero-order valence-electron chi connectivity index (χ0n) is 12.8. The molecular weight excluding hydrogens is 330 g/mol. The van der Waals surface area contributed by atoms with Crippen LogP contribution in [-0.4, -0.2) is 19.9 Å². The van der Waals surface area contributed by atoms with Crippen molar-refractivity contribution in [3.05, 3.63) is 64.2 Å². The molecule has 7 nitrogen and oxygen atoms in total. The molecule has 0 aliphatic carbocycles. The van der Waals surface area contributed by atoms with Gasteiger partial charge in [0.2, 0.25) is 10.0 Å². The molecule has 2 aromatic rings. The number of primary sulfonamides is 1. The molecule has 24 heavy (non-hydrogen) atoms. The zero-order valence-corrected chi connectivity index (χ0v) is 13.6. The minimum absolute atomic E-state index is 0.0326. The number of nitro benzene ring substituents is 1. The number of hydrogen-bond acceptors (Lipinski definition) is 5. The van der Waals surface area contributed by atoms with Crippen molar-refractivity contribution in [3.63, 3.8) is 0 Å². The summed E-state index contributed by atoms with van der Waals surface area (Å²) in [6, 6.07) is 13.6. The minimum Gasteiger partial charge on any atom is -0.359 e. The second-order valence-corrected chi connectivity index (χ2v) is 7.28. The minimum atomic E-state index is -3.99. The largest absolute Gasteiger partial charge is 0.359 e. The number of hydrogen-bond donors (Lipinski definition) is 1. The van der Waals surface area contributed by atoms with Crippen molar-refractivity contribution >= 4 is 21.4 Å². The van der Waals surface area contributed by atoms with Crippen molar-refractivity contribution in [2.45, 2.75) is 23.8 Å². The van der Waals surface area contributed by atoms with Gasteiger partial charge in [0.25, 0.3) is 5.69 Å². The van der Waals surface area contributed by atoms with Crippen LogP contribution in [0.15, 0.2) is 53.4 Å². The third-order valence-electron chi connectivity index (χ3n) is 4.22. The highest BCUT2D eigenvalue weighted by molar-refractivity contribution is 7.89. The summed E-state index contributed by atoms with van der Waals surface area (Å²) in [6.45, 7) is 0.676. The van der Waals surface area contributed by atoms with Crippen molar-refractivity contribution in [2.75, 3.05) is 11.4 Å². The number of sulfonamides is 1. The standard InChI is InChI=1S/C16H17N3O4S/c17-24(22,23)13-8-9-15(16(11-13)19(20)21)18-10-4-7-14(18)12-5-2-1-3-6-12/h1-3,5-6,8-9,11,14H,4,7,10H2,(H2,17,22,23). The third kappa shape index (κ3) is 3.10. The SMILES string of the molecule is NS(=O)(=O)c1ccc(N2CCCC2c2ccccc2)c([N+](=O)[O-])c1. The first-order valence-electron chi connectivity index (χ1n) is 7.51. The van der Waals surface area contributed by atoms with Gasteiger partial charge < -0.3 is 4.90 Å². The Kier molecular flexibility index (Phi) is 4.25. The van der Waals surface area contributed by atoms with Crippen molar-refractivity contribution in [3.8, 4) is 0 Å². The van der Waals surface area contributed by atoms with Crippen LogP contribution in [0.4, 0.5) is 11.4 Å². The van der Waals surface area contributed by atoms with Crippen LogP contribution < -0.4 is 10.0 Å². The second-order valence-electron chi connectivity index (χ2n) is 5.71. The Balaban J connectivity index is 2.06. The predicted molar refractivity (Wildman–Crippen MR) is 90.2 cm³/mol. The summed E-state index contributed by atoms with van der Waals surface area (Å²) >= 11 is 0. The van der Waals surface area contributed by atoms with Crippen LogP contribution in [0.5, 0.6) is 0 Å². The molecule has 0 radical (unpaired) electrons. The lowest BCUT2D eigenvalue weighted by atomic mass is 10.0. The fourth-order valence-electron chi connectivity index (χ4n) is 3.15. The van der Waals surface area contributed by atoms with E-state index in [0.717, 1.165) is 24.5 Å². The summed E-state index contributed by atoms with van der Waals surface area (Å²) in [5, 5.41) is 16.5. The maximum absolute atomic E-state index is 11.5. The van der Waals surface area contributed by atoms with Gasteiger partial charge in [0.1, 0.15) is 5.69 Å². The number of rotatable bonds is 4. The molecule has 3 rings (SSSR count). The normalized spacial score (nSPS) is 17.9. The fourth-order valence-corrected chi connectivity index (χ4v) is 3.68. The van der Waals surface area contributed by atoms with Gasteiger partial charge >= 0.3 is 0 Å². The van der Waals surface area contributed by atoms with Crippen LogP contribution in [0, 0.1) is 10.1 Å².